The van der Waals surface area contributed by atoms with Gasteiger partial charge in [-0.3, -0.25) is 0 Å². The van der Waals surface area contributed by atoms with Gasteiger partial charge in [0.2, 0.25) is 7.41 Å². The maximum atomic E-state index is 16.9. The molecule has 0 aliphatic rings. The van der Waals surface area contributed by atoms with Crippen molar-refractivity contribution in [1.29, 1.82) is 10.5 Å². The summed E-state index contributed by atoms with van der Waals surface area (Å²) in [5.41, 5.74) is -1.18. The molecule has 0 aliphatic heterocycles. The minimum atomic E-state index is -11.2. The fourth-order valence-corrected chi connectivity index (χ4v) is 14.9. The third-order valence-electron chi connectivity index (χ3n) is 9.44. The van der Waals surface area contributed by atoms with Crippen LogP contribution < -0.4 is 21.2 Å². The van der Waals surface area contributed by atoms with Crippen molar-refractivity contribution in [1.82, 2.24) is 0 Å². The second kappa shape index (κ2) is 21.5. The Morgan fingerprint density at radius 1 is 0.538 bits per heavy atom. The van der Waals surface area contributed by atoms with Crippen molar-refractivity contribution >= 4 is 83.1 Å². The molecule has 0 fully saturated rings. The van der Waals surface area contributed by atoms with Crippen LogP contribution in [0.2, 0.25) is 0 Å². The van der Waals surface area contributed by atoms with Gasteiger partial charge in [-0.2, -0.15) is 10.5 Å². The summed E-state index contributed by atoms with van der Waals surface area (Å²) in [5, 5.41) is 23.9. The molecule has 332 valence electrons. The molecular weight excluding hydrogens is 1110 g/mol. The first-order chi connectivity index (χ1) is 30.9. The van der Waals surface area contributed by atoms with E-state index in [-0.39, 0.29) is 5.57 Å². The van der Waals surface area contributed by atoms with Gasteiger partial charge in [0, 0.05) is 5.57 Å². The van der Waals surface area contributed by atoms with E-state index in [9.17, 15) is 27.4 Å². The SMILES string of the molecule is N#Cc1c(F)c(F)c(C(/C=N/[P+](CP(c2ccccc2)c2ccccc2)(c2ccccc2)c2ccccc2)=C(c2ccccc2)c2ccccc2)c(F)c1C#N.[Cl][Ru+].[F][Sb-]([F])([F])([F])([F])[F]. The minimum absolute atomic E-state index is 0.0720. The third-order valence-corrected chi connectivity index (χ3v) is 16.9. The van der Waals surface area contributed by atoms with Gasteiger partial charge in [0.25, 0.3) is 0 Å². The summed E-state index contributed by atoms with van der Waals surface area (Å²) < 4.78 is 115. The molecule has 7 aromatic carbocycles. The number of hydrogen-bond acceptors (Lipinski definition) is 3. The molecule has 0 heterocycles. The maximum absolute atomic E-state index is 16.9. The van der Waals surface area contributed by atoms with Crippen molar-refractivity contribution in [3.05, 3.63) is 227 Å². The van der Waals surface area contributed by atoms with Gasteiger partial charge >= 0.3 is 63.4 Å². The third kappa shape index (κ3) is 13.7. The van der Waals surface area contributed by atoms with E-state index in [0.717, 1.165) is 21.2 Å². The number of allylic oxidation sites excluding steroid dienone is 1. The van der Waals surface area contributed by atoms with Crippen molar-refractivity contribution in [2.75, 3.05) is 5.90 Å². The first-order valence-electron chi connectivity index (χ1n) is 18.9. The molecule has 0 bridgehead atoms. The van der Waals surface area contributed by atoms with Gasteiger partial charge < -0.3 is 0 Å². The molecule has 0 atom stereocenters. The van der Waals surface area contributed by atoms with Crippen LogP contribution in [-0.4, -0.2) is 31.6 Å². The monoisotopic (exact) mass is 1140 g/mol. The molecule has 3 nitrogen and oxygen atoms in total. The summed E-state index contributed by atoms with van der Waals surface area (Å²) in [6.45, 7) is 0. The van der Waals surface area contributed by atoms with Gasteiger partial charge in [-0.25, -0.2) is 13.2 Å². The zero-order valence-corrected chi connectivity index (χ0v) is 40.3. The zero-order valence-electron chi connectivity index (χ0n) is 33.4. The first kappa shape index (κ1) is 50.9. The van der Waals surface area contributed by atoms with Gasteiger partial charge in [0.1, 0.15) is 39.8 Å². The van der Waals surface area contributed by atoms with Gasteiger partial charge in [-0.1, -0.05) is 158 Å². The van der Waals surface area contributed by atoms with Crippen LogP contribution in [0, 0.1) is 40.1 Å². The Labute approximate surface area is 388 Å². The van der Waals surface area contributed by atoms with Crippen molar-refractivity contribution < 1.29 is 47.4 Å². The number of hydrogen-bond donors (Lipinski definition) is 0. The van der Waals surface area contributed by atoms with E-state index in [2.05, 4.69) is 34.0 Å². The molecule has 0 aromatic heterocycles. The molecule has 7 aromatic rings. The van der Waals surface area contributed by atoms with Gasteiger partial charge in [-0.15, -0.1) is 4.76 Å². The predicted octanol–water partition coefficient (Wildman–Crippen LogP) is 13.4. The second-order valence-corrected chi connectivity index (χ2v) is 25.0. The van der Waals surface area contributed by atoms with E-state index >= 15 is 13.2 Å². The number of benzene rings is 7. The Kier molecular flexibility index (Phi) is 16.8. The summed E-state index contributed by atoms with van der Waals surface area (Å²) >= 11 is -9.43. The molecule has 0 saturated carbocycles. The molecule has 0 amide bonds. The van der Waals surface area contributed by atoms with E-state index < -0.39 is 69.0 Å². The van der Waals surface area contributed by atoms with Crippen LogP contribution in [0.15, 0.2) is 187 Å². The van der Waals surface area contributed by atoms with Gasteiger partial charge in [0.15, 0.2) is 17.5 Å². The van der Waals surface area contributed by atoms with Gasteiger partial charge in [-0.05, 0) is 59.5 Å². The summed E-state index contributed by atoms with van der Waals surface area (Å²) in [6, 6.07) is 61.6. The molecule has 0 radical (unpaired) electrons. The van der Waals surface area contributed by atoms with Crippen LogP contribution in [0.5, 0.6) is 0 Å². The van der Waals surface area contributed by atoms with Crippen LogP contribution in [0.3, 0.4) is 0 Å². The van der Waals surface area contributed by atoms with Crippen molar-refractivity contribution in [2.24, 2.45) is 4.76 Å². The number of nitrogens with zero attached hydrogens (tertiary/aromatic N) is 3. The summed E-state index contributed by atoms with van der Waals surface area (Å²) in [6.07, 6.45) is 1.47. The quantitative estimate of drug-likeness (QED) is 0.0324. The summed E-state index contributed by atoms with van der Waals surface area (Å²) in [5.74, 6) is -3.97. The Morgan fingerprint density at radius 2 is 0.862 bits per heavy atom. The van der Waals surface area contributed by atoms with Gasteiger partial charge in [0.05, 0.1) is 11.8 Å². The van der Waals surface area contributed by atoms with E-state index in [4.69, 9.17) is 4.76 Å². The second-order valence-electron chi connectivity index (χ2n) is 13.7. The molecule has 0 N–H and O–H groups in total. The molecule has 7 rings (SSSR count). The van der Waals surface area contributed by atoms with Crippen LogP contribution in [0.1, 0.15) is 27.8 Å². The van der Waals surface area contributed by atoms with E-state index in [1.165, 1.54) is 12.3 Å². The standard InChI is InChI=1S/C48H33F3N3P2.ClH.6FH.Ru.Sb/c49-46-41(31-52)42(32-53)47(50)48(51)45(46)43(44(35-19-7-1-8-20-35)36-21-9-2-10-22-36)33-54-56(39-27-15-5-16-28-39,40-29-17-6-18-30-40)34-55(37-23-11-3-12-24-37)38-25-13-4-14-26-38;;;;;;;;;/h1-30,33H,34H2;7*1H;;/q+1;;;;;;;;+2;+5/p-7/b54-33+;;;;;;;;;. The Balaban J connectivity index is 0.000000806. The number of nitriles is 2. The summed E-state index contributed by atoms with van der Waals surface area (Å²) in [4.78, 5) is 0. The number of rotatable bonds is 11. The molecule has 17 heteroatoms. The molecule has 0 spiro atoms. The zero-order chi connectivity index (χ0) is 47.3. The van der Waals surface area contributed by atoms with Crippen molar-refractivity contribution in [2.45, 2.75) is 0 Å². The van der Waals surface area contributed by atoms with Crippen LogP contribution >= 0.6 is 25.0 Å². The Bertz CT molecular complexity index is 2730. The molecule has 65 heavy (non-hydrogen) atoms. The Hall–Kier alpha value is -5.11. The average Bonchev–Trinajstić information content (AvgIpc) is 3.31. The van der Waals surface area contributed by atoms with Crippen LogP contribution in [0.4, 0.5) is 30.0 Å². The molecule has 0 aliphatic carbocycles. The first-order valence-corrected chi connectivity index (χ1v) is 30.4. The molecule has 0 saturated heterocycles. The normalized spacial score (nSPS) is 12.3. The topological polar surface area (TPSA) is 59.9 Å². The van der Waals surface area contributed by atoms with Crippen LogP contribution in [0.25, 0.3) is 11.1 Å². The van der Waals surface area contributed by atoms with Crippen molar-refractivity contribution in [3.63, 3.8) is 0 Å². The predicted molar refractivity (Wildman–Crippen MR) is 244 cm³/mol. The fraction of sp³-hybridized carbons (Fsp3) is 0.0208. The Morgan fingerprint density at radius 3 is 1.22 bits per heavy atom. The van der Waals surface area contributed by atoms with Crippen molar-refractivity contribution in [3.8, 4) is 12.1 Å². The molecule has 0 unspecified atom stereocenters. The average molecular weight is 1140 g/mol. The van der Waals surface area contributed by atoms with E-state index in [1.54, 1.807) is 54.6 Å². The van der Waals surface area contributed by atoms with E-state index in [1.807, 2.05) is 127 Å². The summed E-state index contributed by atoms with van der Waals surface area (Å²) in [7, 11) is 0.542. The fourth-order valence-electron chi connectivity index (χ4n) is 6.77. The van der Waals surface area contributed by atoms with E-state index in [0.29, 0.717) is 22.6 Å². The number of halogens is 10. The van der Waals surface area contributed by atoms with Crippen LogP contribution in [-0.2, 0) is 17.3 Å². The molecular formula is C48H33ClF9N3P2RuSb+.